The topological polar surface area (TPSA) is 0 Å². The Balaban J connectivity index is 2.34. The molecule has 2 heterocycles. The van der Waals surface area contributed by atoms with Gasteiger partial charge in [-0.15, -0.1) is 0 Å². The molecule has 0 N–H and O–H groups in total. The Labute approximate surface area is 95.5 Å². The maximum Gasteiger partial charge on any atom is -0.00985 e. The van der Waals surface area contributed by atoms with Crippen molar-refractivity contribution in [3.05, 3.63) is 0 Å². The molecular formula is C14H30S. The van der Waals surface area contributed by atoms with E-state index in [2.05, 4.69) is 34.6 Å². The normalized spacial score (nSPS) is 44.6. The molecule has 0 bridgehead atoms. The first-order valence-electron chi connectivity index (χ1n) is 6.98. The molecule has 0 radical (unpaired) electrons. The van der Waals surface area contributed by atoms with Crippen molar-refractivity contribution in [1.29, 1.82) is 0 Å². The van der Waals surface area contributed by atoms with Crippen LogP contribution >= 0.6 is 8.29 Å². The molecule has 1 spiro atoms. The first kappa shape index (κ1) is 11.8. The van der Waals surface area contributed by atoms with Crippen LogP contribution in [0.15, 0.2) is 0 Å². The van der Waals surface area contributed by atoms with E-state index in [-0.39, 0.29) is 0 Å². The van der Waals surface area contributed by atoms with E-state index < -0.39 is 8.29 Å². The van der Waals surface area contributed by atoms with Gasteiger partial charge in [0.05, 0.1) is 0 Å². The Hall–Kier alpha value is 0.350. The van der Waals surface area contributed by atoms with Crippen molar-refractivity contribution >= 4 is 8.29 Å². The molecule has 15 heavy (non-hydrogen) atoms. The summed E-state index contributed by atoms with van der Waals surface area (Å²) in [5, 5.41) is 2.27. The fourth-order valence-electron chi connectivity index (χ4n) is 5.39. The summed E-state index contributed by atoms with van der Waals surface area (Å²) in [6, 6.07) is 0. The zero-order chi connectivity index (χ0) is 11.4. The summed E-state index contributed by atoms with van der Waals surface area (Å²) in [6.07, 6.45) is 2.84. The molecule has 3 unspecified atom stereocenters. The lowest BCUT2D eigenvalue weighted by Gasteiger charge is -2.50. The first-order valence-corrected chi connectivity index (χ1v) is 10.2. The highest BCUT2D eigenvalue weighted by Crippen LogP contribution is 3.17. The van der Waals surface area contributed by atoms with Crippen LogP contribution < -0.4 is 0 Å². The number of hydrogen-bond acceptors (Lipinski definition) is 0. The SMILES string of the molecule is CCCS12(CC)(CC1)C(C)C2C(C)CC. The Morgan fingerprint density at radius 1 is 1.20 bits per heavy atom. The number of hydrogen-bond donors (Lipinski definition) is 0. The molecule has 2 rings (SSSR count). The summed E-state index contributed by atoms with van der Waals surface area (Å²) in [5.41, 5.74) is 0. The second-order valence-corrected chi connectivity index (χ2v) is 15.1. The average molecular weight is 230 g/mol. The van der Waals surface area contributed by atoms with Gasteiger partial charge in [-0.05, 0) is 45.9 Å². The molecule has 3 atom stereocenters. The molecule has 1 heteroatoms. The van der Waals surface area contributed by atoms with Gasteiger partial charge in [0.15, 0.2) is 0 Å². The van der Waals surface area contributed by atoms with Gasteiger partial charge in [-0.1, -0.05) is 41.0 Å². The third-order valence-corrected chi connectivity index (χ3v) is 18.2. The van der Waals surface area contributed by atoms with Crippen LogP contribution in [0.2, 0.25) is 0 Å². The predicted molar refractivity (Wildman–Crippen MR) is 75.7 cm³/mol. The third-order valence-electron chi connectivity index (χ3n) is 6.86. The molecule has 2 fully saturated rings. The van der Waals surface area contributed by atoms with Crippen molar-refractivity contribution in [3.63, 3.8) is 0 Å². The lowest BCUT2D eigenvalue weighted by atomic mass is 10.0. The van der Waals surface area contributed by atoms with Crippen LogP contribution in [-0.4, -0.2) is 33.5 Å². The van der Waals surface area contributed by atoms with Crippen LogP contribution in [0.25, 0.3) is 0 Å². The Bertz CT molecular complexity index is 290. The minimum Gasteiger partial charge on any atom is -0.266 e. The van der Waals surface area contributed by atoms with E-state index in [0.717, 1.165) is 16.4 Å². The molecule has 0 nitrogen and oxygen atoms in total. The van der Waals surface area contributed by atoms with Crippen LogP contribution in [0.4, 0.5) is 0 Å². The van der Waals surface area contributed by atoms with Gasteiger partial charge < -0.3 is 0 Å². The van der Waals surface area contributed by atoms with E-state index in [1.165, 1.54) is 12.8 Å². The molecule has 0 amide bonds. The van der Waals surface area contributed by atoms with Gasteiger partial charge in [0, 0.05) is 0 Å². The second kappa shape index (κ2) is 2.78. The van der Waals surface area contributed by atoms with Crippen LogP contribution in [0.1, 0.15) is 47.5 Å². The standard InChI is InChI=1S/C14H30S/c1-6-9-15(8-3,10-11-15)13(5)14(15)12(4)7-2/h12-14H,6-11H2,1-5H3. The van der Waals surface area contributed by atoms with Gasteiger partial charge in [0.1, 0.15) is 0 Å². The lowest BCUT2D eigenvalue weighted by Crippen LogP contribution is -2.20. The average Bonchev–Trinajstić information content (AvgIpc) is 3.06. The summed E-state index contributed by atoms with van der Waals surface area (Å²) in [7, 11) is -1.41. The van der Waals surface area contributed by atoms with Gasteiger partial charge in [0.2, 0.25) is 0 Å². The second-order valence-electron chi connectivity index (χ2n) is 6.65. The van der Waals surface area contributed by atoms with Gasteiger partial charge in [0.25, 0.3) is 0 Å². The smallest absolute Gasteiger partial charge is 0.00985 e. The van der Waals surface area contributed by atoms with Gasteiger partial charge in [-0.25, -0.2) is 0 Å². The van der Waals surface area contributed by atoms with Gasteiger partial charge in [-0.2, -0.15) is 0 Å². The molecule has 2 saturated heterocycles. The molecule has 0 aromatic heterocycles. The molecule has 0 saturated carbocycles. The lowest BCUT2D eigenvalue weighted by molar-refractivity contribution is 0.563. The summed E-state index contributed by atoms with van der Waals surface area (Å²) < 4.78 is 0. The largest absolute Gasteiger partial charge is 0.266 e. The van der Waals surface area contributed by atoms with E-state index >= 15 is 0 Å². The van der Waals surface area contributed by atoms with Crippen LogP contribution in [0.5, 0.6) is 0 Å². The zero-order valence-corrected chi connectivity index (χ0v) is 12.2. The molecular weight excluding hydrogens is 200 g/mol. The molecule has 92 valence electrons. The summed E-state index contributed by atoms with van der Waals surface area (Å²) in [4.78, 5) is 0. The van der Waals surface area contributed by atoms with Crippen molar-refractivity contribution < 1.29 is 0 Å². The van der Waals surface area contributed by atoms with E-state index in [4.69, 9.17) is 0 Å². The molecule has 0 aromatic carbocycles. The van der Waals surface area contributed by atoms with E-state index in [1.54, 1.807) is 23.0 Å². The number of rotatable bonds is 5. The molecule has 2 aliphatic heterocycles. The highest BCUT2D eigenvalue weighted by atomic mass is 32.4. The van der Waals surface area contributed by atoms with Crippen LogP contribution in [0.3, 0.4) is 0 Å². The Kier molecular flexibility index (Phi) is 2.19. The molecule has 0 aromatic rings. The van der Waals surface area contributed by atoms with Crippen molar-refractivity contribution in [2.45, 2.75) is 58.0 Å². The maximum atomic E-state index is 2.60. The molecule has 0 aliphatic carbocycles. The van der Waals surface area contributed by atoms with Crippen LogP contribution in [0, 0.1) is 5.92 Å². The Morgan fingerprint density at radius 2 is 1.80 bits per heavy atom. The zero-order valence-electron chi connectivity index (χ0n) is 11.4. The van der Waals surface area contributed by atoms with Crippen LogP contribution in [-0.2, 0) is 0 Å². The summed E-state index contributed by atoms with van der Waals surface area (Å²) in [5.74, 6) is 7.48. The fraction of sp³-hybridized carbons (Fsp3) is 1.00. The predicted octanol–water partition coefficient (Wildman–Crippen LogP) is 4.12. The minimum absolute atomic E-state index is 0.996. The first-order chi connectivity index (χ1) is 6.98. The Morgan fingerprint density at radius 3 is 2.13 bits per heavy atom. The summed E-state index contributed by atoms with van der Waals surface area (Å²) in [6.45, 7) is 12.4. The maximum absolute atomic E-state index is 2.60. The van der Waals surface area contributed by atoms with E-state index in [1.807, 2.05) is 0 Å². The van der Waals surface area contributed by atoms with Gasteiger partial charge >= 0.3 is 0 Å². The third kappa shape index (κ3) is 0.936. The van der Waals surface area contributed by atoms with Crippen molar-refractivity contribution in [1.82, 2.24) is 0 Å². The van der Waals surface area contributed by atoms with Crippen molar-refractivity contribution in [2.75, 3.05) is 23.0 Å². The monoisotopic (exact) mass is 230 g/mol. The van der Waals surface area contributed by atoms with Crippen molar-refractivity contribution in [3.8, 4) is 0 Å². The highest BCUT2D eigenvalue weighted by Gasteiger charge is 2.89. The van der Waals surface area contributed by atoms with E-state index in [9.17, 15) is 0 Å². The quantitative estimate of drug-likeness (QED) is 0.623. The summed E-state index contributed by atoms with van der Waals surface area (Å²) >= 11 is 0. The fourth-order valence-corrected chi connectivity index (χ4v) is 17.5. The highest BCUT2D eigenvalue weighted by molar-refractivity contribution is 8.75. The molecule has 2 aliphatic rings. The minimum atomic E-state index is -1.41. The van der Waals surface area contributed by atoms with Gasteiger partial charge in [-0.3, -0.25) is 8.29 Å². The van der Waals surface area contributed by atoms with Crippen molar-refractivity contribution in [2.24, 2.45) is 5.92 Å². The van der Waals surface area contributed by atoms with E-state index in [0.29, 0.717) is 0 Å².